The summed E-state index contributed by atoms with van der Waals surface area (Å²) in [7, 11) is 0. The first-order valence-electron chi connectivity index (χ1n) is 9.80. The van der Waals surface area contributed by atoms with Gasteiger partial charge in [-0.2, -0.15) is 5.26 Å². The zero-order valence-electron chi connectivity index (χ0n) is 15.7. The van der Waals surface area contributed by atoms with Crippen molar-refractivity contribution in [1.29, 1.82) is 5.26 Å². The van der Waals surface area contributed by atoms with Gasteiger partial charge in [0.25, 0.3) is 0 Å². The Morgan fingerprint density at radius 3 is 2.74 bits per heavy atom. The number of piperidine rings is 1. The summed E-state index contributed by atoms with van der Waals surface area (Å²) in [5, 5.41) is 13.2. The van der Waals surface area contributed by atoms with Gasteiger partial charge in [0, 0.05) is 44.1 Å². The van der Waals surface area contributed by atoms with Crippen molar-refractivity contribution in [2.75, 3.05) is 31.1 Å². The maximum absolute atomic E-state index is 9.81. The summed E-state index contributed by atoms with van der Waals surface area (Å²) < 4.78 is 6.01. The predicted octanol–water partition coefficient (Wildman–Crippen LogP) is 3.31. The standard InChI is InChI=1S/C22H26N4O/c23-17-22(6-12-26(13-7-22)20-4-10-24-11-5-20)8-14-27-21-2-1-18-3-9-25-16-19(18)15-21/h1-2,4-5,10-11,15,25H,3,6-9,12-14,16H2. The van der Waals surface area contributed by atoms with Gasteiger partial charge in [-0.1, -0.05) is 6.07 Å². The zero-order chi connectivity index (χ0) is 18.5. The fourth-order valence-corrected chi connectivity index (χ4v) is 4.08. The third-order valence-electron chi connectivity index (χ3n) is 5.90. The fraction of sp³-hybridized carbons (Fsp3) is 0.455. The van der Waals surface area contributed by atoms with E-state index >= 15 is 0 Å². The molecule has 3 heterocycles. The summed E-state index contributed by atoms with van der Waals surface area (Å²) in [6.45, 7) is 4.37. The summed E-state index contributed by atoms with van der Waals surface area (Å²) in [5.41, 5.74) is 3.66. The van der Waals surface area contributed by atoms with Gasteiger partial charge in [0.2, 0.25) is 0 Å². The van der Waals surface area contributed by atoms with Crippen molar-refractivity contribution < 1.29 is 4.74 Å². The smallest absolute Gasteiger partial charge is 0.119 e. The maximum atomic E-state index is 9.81. The van der Waals surface area contributed by atoms with Gasteiger partial charge in [-0.25, -0.2) is 0 Å². The quantitative estimate of drug-likeness (QED) is 0.884. The van der Waals surface area contributed by atoms with E-state index in [9.17, 15) is 5.26 Å². The highest BCUT2D eigenvalue weighted by Crippen LogP contribution is 2.36. The maximum Gasteiger partial charge on any atom is 0.119 e. The van der Waals surface area contributed by atoms with E-state index in [1.807, 2.05) is 24.5 Å². The second-order valence-electron chi connectivity index (χ2n) is 7.54. The molecule has 0 spiro atoms. The van der Waals surface area contributed by atoms with E-state index in [-0.39, 0.29) is 5.41 Å². The molecule has 5 heteroatoms. The minimum atomic E-state index is -0.278. The highest BCUT2D eigenvalue weighted by Gasteiger charge is 2.34. The lowest BCUT2D eigenvalue weighted by Crippen LogP contribution is -2.40. The van der Waals surface area contributed by atoms with E-state index in [1.165, 1.54) is 16.8 Å². The van der Waals surface area contributed by atoms with Crippen LogP contribution in [0.25, 0.3) is 0 Å². The van der Waals surface area contributed by atoms with Crippen LogP contribution in [0.3, 0.4) is 0 Å². The Hall–Kier alpha value is -2.58. The van der Waals surface area contributed by atoms with Gasteiger partial charge >= 0.3 is 0 Å². The molecule has 0 saturated carbocycles. The Labute approximate surface area is 161 Å². The van der Waals surface area contributed by atoms with Crippen molar-refractivity contribution in [3.8, 4) is 11.8 Å². The van der Waals surface area contributed by atoms with E-state index in [0.29, 0.717) is 6.61 Å². The monoisotopic (exact) mass is 362 g/mol. The lowest BCUT2D eigenvalue weighted by molar-refractivity contribution is 0.210. The molecule has 0 aliphatic carbocycles. The van der Waals surface area contributed by atoms with E-state index in [4.69, 9.17) is 4.74 Å². The highest BCUT2D eigenvalue weighted by atomic mass is 16.5. The van der Waals surface area contributed by atoms with E-state index < -0.39 is 0 Å². The second-order valence-corrected chi connectivity index (χ2v) is 7.54. The van der Waals surface area contributed by atoms with Crippen molar-refractivity contribution in [2.24, 2.45) is 5.41 Å². The van der Waals surface area contributed by atoms with E-state index in [0.717, 1.165) is 57.6 Å². The zero-order valence-corrected chi connectivity index (χ0v) is 15.7. The van der Waals surface area contributed by atoms with Gasteiger partial charge in [0.1, 0.15) is 5.75 Å². The largest absolute Gasteiger partial charge is 0.494 e. The molecule has 2 aromatic rings. The molecule has 5 nitrogen and oxygen atoms in total. The Morgan fingerprint density at radius 1 is 1.15 bits per heavy atom. The molecule has 4 rings (SSSR count). The van der Waals surface area contributed by atoms with E-state index in [2.05, 4.69) is 39.5 Å². The molecule has 1 saturated heterocycles. The molecular formula is C22H26N4O. The van der Waals surface area contributed by atoms with Crippen LogP contribution in [-0.2, 0) is 13.0 Å². The van der Waals surface area contributed by atoms with Crippen LogP contribution in [0.1, 0.15) is 30.4 Å². The lowest BCUT2D eigenvalue weighted by atomic mass is 9.77. The number of pyridine rings is 1. The number of rotatable bonds is 5. The second kappa shape index (κ2) is 7.98. The number of hydrogen-bond acceptors (Lipinski definition) is 5. The van der Waals surface area contributed by atoms with Crippen molar-refractivity contribution in [3.63, 3.8) is 0 Å². The average molecular weight is 362 g/mol. The first-order valence-corrected chi connectivity index (χ1v) is 9.80. The van der Waals surface area contributed by atoms with E-state index in [1.54, 1.807) is 0 Å². The molecule has 27 heavy (non-hydrogen) atoms. The van der Waals surface area contributed by atoms with Crippen molar-refractivity contribution >= 4 is 5.69 Å². The van der Waals surface area contributed by atoms with Gasteiger partial charge in [-0.15, -0.1) is 0 Å². The first-order chi connectivity index (χ1) is 13.3. The molecule has 1 aromatic carbocycles. The molecule has 2 aliphatic rings. The molecule has 1 aromatic heterocycles. The summed E-state index contributed by atoms with van der Waals surface area (Å²) in [5.74, 6) is 0.916. The average Bonchev–Trinajstić information content (AvgIpc) is 2.75. The molecule has 1 N–H and O–H groups in total. The van der Waals surface area contributed by atoms with Crippen molar-refractivity contribution in [1.82, 2.24) is 10.3 Å². The number of ether oxygens (including phenoxy) is 1. The molecule has 0 unspecified atom stereocenters. The molecule has 0 amide bonds. The van der Waals surface area contributed by atoms with Crippen LogP contribution in [0, 0.1) is 16.7 Å². The molecule has 140 valence electrons. The fourth-order valence-electron chi connectivity index (χ4n) is 4.08. The van der Waals surface area contributed by atoms with Gasteiger partial charge in [0.05, 0.1) is 18.1 Å². The van der Waals surface area contributed by atoms with Crippen LogP contribution in [-0.4, -0.2) is 31.2 Å². The predicted molar refractivity (Wildman–Crippen MR) is 106 cm³/mol. The number of nitrogens with one attached hydrogen (secondary N) is 1. The van der Waals surface area contributed by atoms with Crippen molar-refractivity contribution in [2.45, 2.75) is 32.2 Å². The Bertz CT molecular complexity index is 807. The minimum absolute atomic E-state index is 0.278. The molecule has 0 radical (unpaired) electrons. The van der Waals surface area contributed by atoms with Gasteiger partial charge in [-0.05, 0) is 61.2 Å². The van der Waals surface area contributed by atoms with Gasteiger partial charge in [0.15, 0.2) is 0 Å². The highest BCUT2D eigenvalue weighted by molar-refractivity contribution is 5.45. The van der Waals surface area contributed by atoms with Crippen LogP contribution in [0.4, 0.5) is 5.69 Å². The van der Waals surface area contributed by atoms with Crippen LogP contribution >= 0.6 is 0 Å². The van der Waals surface area contributed by atoms with Crippen LogP contribution in [0.2, 0.25) is 0 Å². The summed E-state index contributed by atoms with van der Waals surface area (Å²) in [6, 6.07) is 13.1. The minimum Gasteiger partial charge on any atom is -0.494 e. The normalized spacial score (nSPS) is 18.4. The third kappa shape index (κ3) is 4.06. The molecular weight excluding hydrogens is 336 g/mol. The first kappa shape index (κ1) is 17.8. The third-order valence-corrected chi connectivity index (χ3v) is 5.90. The lowest BCUT2D eigenvalue weighted by Gasteiger charge is -2.38. The number of hydrogen-bond donors (Lipinski definition) is 1. The van der Waals surface area contributed by atoms with Gasteiger partial charge in [-0.3, -0.25) is 4.98 Å². The van der Waals surface area contributed by atoms with Gasteiger partial charge < -0.3 is 15.0 Å². The molecule has 0 bridgehead atoms. The van der Waals surface area contributed by atoms with Crippen LogP contribution in [0.15, 0.2) is 42.7 Å². The number of nitrogens with zero attached hydrogens (tertiary/aromatic N) is 3. The number of benzene rings is 1. The molecule has 2 aliphatic heterocycles. The Balaban J connectivity index is 1.31. The van der Waals surface area contributed by atoms with Crippen molar-refractivity contribution in [3.05, 3.63) is 53.9 Å². The molecule has 1 fully saturated rings. The Morgan fingerprint density at radius 2 is 1.96 bits per heavy atom. The SMILES string of the molecule is N#CC1(CCOc2ccc3c(c2)CNCC3)CCN(c2ccncc2)CC1. The summed E-state index contributed by atoms with van der Waals surface area (Å²) >= 11 is 0. The van der Waals surface area contributed by atoms with Crippen LogP contribution in [0.5, 0.6) is 5.75 Å². The number of nitriles is 1. The number of aromatic nitrogens is 1. The van der Waals surface area contributed by atoms with Crippen LogP contribution < -0.4 is 15.0 Å². The topological polar surface area (TPSA) is 61.2 Å². The number of anilines is 1. The molecule has 0 atom stereocenters. The summed E-state index contributed by atoms with van der Waals surface area (Å²) in [4.78, 5) is 6.42. The number of fused-ring (bicyclic) bond motifs is 1. The Kier molecular flexibility index (Phi) is 5.26. The summed E-state index contributed by atoms with van der Waals surface area (Å²) in [6.07, 6.45) is 7.27.